The van der Waals surface area contributed by atoms with Crippen molar-refractivity contribution >= 4 is 15.9 Å². The Morgan fingerprint density at radius 2 is 2.16 bits per heavy atom. The number of nitrogens with one attached hydrogen (secondary N) is 1. The number of halogens is 2. The molecule has 2 nitrogen and oxygen atoms in total. The summed E-state index contributed by atoms with van der Waals surface area (Å²) in [6.45, 7) is 4.90. The van der Waals surface area contributed by atoms with E-state index in [1.54, 1.807) is 12.3 Å². The number of hydrogen-bond donors (Lipinski definition) is 1. The third-order valence-corrected chi connectivity index (χ3v) is 3.49. The van der Waals surface area contributed by atoms with Gasteiger partial charge in [-0.25, -0.2) is 4.39 Å². The highest BCUT2D eigenvalue weighted by molar-refractivity contribution is 9.10. The summed E-state index contributed by atoms with van der Waals surface area (Å²) in [5, 5.41) is 3.38. The van der Waals surface area contributed by atoms with Crippen molar-refractivity contribution in [2.75, 3.05) is 6.54 Å². The van der Waals surface area contributed by atoms with Gasteiger partial charge in [-0.15, -0.1) is 0 Å². The Morgan fingerprint density at radius 3 is 2.74 bits per heavy atom. The molecule has 1 N–H and O–H groups in total. The van der Waals surface area contributed by atoms with Gasteiger partial charge >= 0.3 is 0 Å². The van der Waals surface area contributed by atoms with Crippen molar-refractivity contribution < 1.29 is 8.81 Å². The van der Waals surface area contributed by atoms with Crippen LogP contribution in [0.1, 0.15) is 29.9 Å². The minimum atomic E-state index is -0.226. The molecule has 0 radical (unpaired) electrons. The van der Waals surface area contributed by atoms with Crippen LogP contribution in [0.4, 0.5) is 4.39 Å². The molecule has 19 heavy (non-hydrogen) atoms. The zero-order valence-electron chi connectivity index (χ0n) is 11.0. The van der Waals surface area contributed by atoms with Gasteiger partial charge in [-0.2, -0.15) is 0 Å². The Morgan fingerprint density at radius 1 is 1.37 bits per heavy atom. The molecule has 1 unspecified atom stereocenters. The van der Waals surface area contributed by atoms with Crippen molar-refractivity contribution in [2.45, 2.75) is 26.3 Å². The minimum absolute atomic E-state index is 0.0636. The lowest BCUT2D eigenvalue weighted by Crippen LogP contribution is -2.23. The van der Waals surface area contributed by atoms with Gasteiger partial charge in [0, 0.05) is 4.47 Å². The van der Waals surface area contributed by atoms with Gasteiger partial charge in [0.15, 0.2) is 0 Å². The van der Waals surface area contributed by atoms with Crippen LogP contribution in [0, 0.1) is 12.7 Å². The smallest absolute Gasteiger partial charge is 0.124 e. The third kappa shape index (κ3) is 3.67. The lowest BCUT2D eigenvalue weighted by atomic mass is 10.0. The van der Waals surface area contributed by atoms with Crippen LogP contribution in [-0.4, -0.2) is 6.54 Å². The maximum Gasteiger partial charge on any atom is 0.124 e. The summed E-state index contributed by atoms with van der Waals surface area (Å²) in [5.41, 5.74) is 2.05. The van der Waals surface area contributed by atoms with E-state index in [9.17, 15) is 4.39 Å². The van der Waals surface area contributed by atoms with E-state index in [2.05, 4.69) is 21.2 Å². The third-order valence-electron chi connectivity index (χ3n) is 3.03. The van der Waals surface area contributed by atoms with Crippen LogP contribution in [0.5, 0.6) is 0 Å². The Bertz CT molecular complexity index is 533. The molecule has 1 atom stereocenters. The molecule has 1 aromatic heterocycles. The number of hydrogen-bond acceptors (Lipinski definition) is 2. The van der Waals surface area contributed by atoms with Crippen LogP contribution in [0.25, 0.3) is 0 Å². The zero-order valence-corrected chi connectivity index (χ0v) is 12.6. The van der Waals surface area contributed by atoms with Crippen molar-refractivity contribution in [3.8, 4) is 0 Å². The van der Waals surface area contributed by atoms with Crippen molar-refractivity contribution in [1.29, 1.82) is 0 Å². The lowest BCUT2D eigenvalue weighted by Gasteiger charge is -2.17. The predicted octanol–water partition coefficient (Wildman–Crippen LogP) is 4.38. The summed E-state index contributed by atoms with van der Waals surface area (Å²) in [7, 11) is 0. The highest BCUT2D eigenvalue weighted by Gasteiger charge is 2.17. The summed E-state index contributed by atoms with van der Waals surface area (Å²) in [6, 6.07) is 6.97. The predicted molar refractivity (Wildman–Crippen MR) is 77.7 cm³/mol. The molecule has 0 amide bonds. The summed E-state index contributed by atoms with van der Waals surface area (Å²) in [6.07, 6.45) is 2.38. The Balaban J connectivity index is 2.23. The van der Waals surface area contributed by atoms with Crippen molar-refractivity contribution in [1.82, 2.24) is 5.32 Å². The van der Waals surface area contributed by atoms with E-state index in [0.717, 1.165) is 27.9 Å². The molecular weight excluding hydrogens is 309 g/mol. The average Bonchev–Trinajstić information content (AvgIpc) is 2.73. The topological polar surface area (TPSA) is 25.2 Å². The minimum Gasteiger partial charge on any atom is -0.467 e. The van der Waals surface area contributed by atoms with Crippen LogP contribution in [0.3, 0.4) is 0 Å². The number of likely N-dealkylation sites (N-methyl/N-ethyl adjacent to an activating group) is 1. The van der Waals surface area contributed by atoms with Gasteiger partial charge in [0.25, 0.3) is 0 Å². The number of furan rings is 1. The lowest BCUT2D eigenvalue weighted by molar-refractivity contribution is 0.413. The molecular formula is C15H17BrFNO. The fraction of sp³-hybridized carbons (Fsp3) is 0.333. The van der Waals surface area contributed by atoms with E-state index in [0.29, 0.717) is 6.42 Å². The summed E-state index contributed by atoms with van der Waals surface area (Å²) in [4.78, 5) is 0. The molecule has 0 saturated carbocycles. The van der Waals surface area contributed by atoms with E-state index in [1.807, 2.05) is 26.0 Å². The van der Waals surface area contributed by atoms with Gasteiger partial charge in [-0.1, -0.05) is 22.9 Å². The first kappa shape index (κ1) is 14.3. The Labute approximate surface area is 121 Å². The maximum atomic E-state index is 13.4. The molecule has 0 spiro atoms. The van der Waals surface area contributed by atoms with Gasteiger partial charge < -0.3 is 9.73 Å². The van der Waals surface area contributed by atoms with Crippen LogP contribution < -0.4 is 5.32 Å². The maximum absolute atomic E-state index is 13.4. The molecule has 1 heterocycles. The quantitative estimate of drug-likeness (QED) is 0.882. The average molecular weight is 326 g/mol. The molecule has 0 aliphatic rings. The van der Waals surface area contributed by atoms with Gasteiger partial charge in [-0.05, 0) is 55.3 Å². The second-order valence-corrected chi connectivity index (χ2v) is 5.48. The summed E-state index contributed by atoms with van der Waals surface area (Å²) >= 11 is 3.32. The van der Waals surface area contributed by atoms with Crippen molar-refractivity contribution in [3.63, 3.8) is 0 Å². The van der Waals surface area contributed by atoms with Crippen LogP contribution in [-0.2, 0) is 6.42 Å². The number of rotatable bonds is 5. The SMILES string of the molecule is CCNC(Cc1cc(F)cc(Br)c1)c1occc1C. The number of aryl methyl sites for hydroxylation is 1. The molecule has 2 aromatic rings. The van der Waals surface area contributed by atoms with Gasteiger partial charge in [0.05, 0.1) is 12.3 Å². The normalized spacial score (nSPS) is 12.6. The molecule has 1 aromatic carbocycles. The largest absolute Gasteiger partial charge is 0.467 e. The van der Waals surface area contributed by atoms with E-state index >= 15 is 0 Å². The standard InChI is InChI=1S/C15H17BrFNO/c1-3-18-14(15-10(2)4-5-19-15)8-11-6-12(16)9-13(17)7-11/h4-7,9,14,18H,3,8H2,1-2H3. The highest BCUT2D eigenvalue weighted by Crippen LogP contribution is 2.24. The van der Waals surface area contributed by atoms with E-state index < -0.39 is 0 Å². The van der Waals surface area contributed by atoms with Crippen LogP contribution in [0.2, 0.25) is 0 Å². The van der Waals surface area contributed by atoms with E-state index in [1.165, 1.54) is 6.07 Å². The van der Waals surface area contributed by atoms with Crippen LogP contribution in [0.15, 0.2) is 39.4 Å². The number of benzene rings is 1. The van der Waals surface area contributed by atoms with Crippen molar-refractivity contribution in [3.05, 3.63) is 57.7 Å². The molecule has 2 rings (SSSR count). The molecule has 0 bridgehead atoms. The Hall–Kier alpha value is -1.13. The van der Waals surface area contributed by atoms with Crippen LogP contribution >= 0.6 is 15.9 Å². The molecule has 102 valence electrons. The molecule has 0 aliphatic heterocycles. The van der Waals surface area contributed by atoms with E-state index in [-0.39, 0.29) is 11.9 Å². The second kappa shape index (κ2) is 6.35. The van der Waals surface area contributed by atoms with Gasteiger partial charge in [0.1, 0.15) is 11.6 Å². The molecule has 0 saturated heterocycles. The first-order chi connectivity index (χ1) is 9.10. The fourth-order valence-electron chi connectivity index (χ4n) is 2.21. The first-order valence-electron chi connectivity index (χ1n) is 6.32. The van der Waals surface area contributed by atoms with Gasteiger partial charge in [-0.3, -0.25) is 0 Å². The molecule has 0 aliphatic carbocycles. The zero-order chi connectivity index (χ0) is 13.8. The fourth-order valence-corrected chi connectivity index (χ4v) is 2.72. The van der Waals surface area contributed by atoms with Gasteiger partial charge in [0.2, 0.25) is 0 Å². The first-order valence-corrected chi connectivity index (χ1v) is 7.11. The molecule has 4 heteroatoms. The summed E-state index contributed by atoms with van der Waals surface area (Å²) in [5.74, 6) is 0.693. The second-order valence-electron chi connectivity index (χ2n) is 4.56. The van der Waals surface area contributed by atoms with E-state index in [4.69, 9.17) is 4.42 Å². The summed E-state index contributed by atoms with van der Waals surface area (Å²) < 4.78 is 19.7. The highest BCUT2D eigenvalue weighted by atomic mass is 79.9. The monoisotopic (exact) mass is 325 g/mol. The molecule has 0 fully saturated rings. The van der Waals surface area contributed by atoms with Crippen molar-refractivity contribution in [2.24, 2.45) is 0 Å². The Kier molecular flexibility index (Phi) is 4.77.